The molecule has 1 N–H and O–H groups in total. The molecule has 0 aliphatic heterocycles. The first-order valence-corrected chi connectivity index (χ1v) is 9.46. The molecule has 4 rings (SSSR count). The highest BCUT2D eigenvalue weighted by molar-refractivity contribution is 14.1. The van der Waals surface area contributed by atoms with Crippen molar-refractivity contribution in [3.63, 3.8) is 0 Å². The van der Waals surface area contributed by atoms with Crippen LogP contribution in [-0.2, 0) is 6.42 Å². The summed E-state index contributed by atoms with van der Waals surface area (Å²) in [5.74, 6) is -0.0869. The summed E-state index contributed by atoms with van der Waals surface area (Å²) in [6.45, 7) is 0. The third-order valence-electron chi connectivity index (χ3n) is 4.22. The van der Waals surface area contributed by atoms with Crippen LogP contribution in [0, 0.1) is 3.57 Å². The molecule has 1 amide bonds. The Balaban J connectivity index is 1.62. The van der Waals surface area contributed by atoms with E-state index >= 15 is 0 Å². The number of benzene rings is 3. The lowest BCUT2D eigenvalue weighted by Crippen LogP contribution is -2.13. The van der Waals surface area contributed by atoms with Crippen molar-refractivity contribution in [3.8, 4) is 11.1 Å². The standard InChI is InChI=1S/C20H13BrINO/c21-14-5-8-19(22)18(11-14)20(24)23-15-6-7-17-13(10-15)9-12-3-1-2-4-16(12)17/h1-8,10-11H,9H2,(H,23,24). The Kier molecular flexibility index (Phi) is 4.18. The van der Waals surface area contributed by atoms with Crippen LogP contribution in [0.25, 0.3) is 11.1 Å². The molecule has 0 aromatic heterocycles. The summed E-state index contributed by atoms with van der Waals surface area (Å²) in [7, 11) is 0. The fourth-order valence-electron chi connectivity index (χ4n) is 3.09. The van der Waals surface area contributed by atoms with Gasteiger partial charge in [0, 0.05) is 13.7 Å². The van der Waals surface area contributed by atoms with Crippen molar-refractivity contribution in [2.75, 3.05) is 5.32 Å². The first kappa shape index (κ1) is 15.8. The molecular formula is C20H13BrINO. The molecule has 0 saturated heterocycles. The van der Waals surface area contributed by atoms with E-state index in [1.165, 1.54) is 22.3 Å². The Morgan fingerprint density at radius 1 is 0.958 bits per heavy atom. The average molecular weight is 490 g/mol. The number of amides is 1. The molecule has 3 aromatic carbocycles. The summed E-state index contributed by atoms with van der Waals surface area (Å²) < 4.78 is 1.83. The van der Waals surface area contributed by atoms with Gasteiger partial charge in [0.15, 0.2) is 0 Å². The van der Waals surface area contributed by atoms with Crippen LogP contribution in [-0.4, -0.2) is 5.91 Å². The Morgan fingerprint density at radius 2 is 1.75 bits per heavy atom. The number of halogens is 2. The zero-order valence-electron chi connectivity index (χ0n) is 12.6. The Hall–Kier alpha value is -1.66. The number of carbonyl (C=O) groups is 1. The van der Waals surface area contributed by atoms with Crippen molar-refractivity contribution in [2.24, 2.45) is 0 Å². The molecule has 0 saturated carbocycles. The largest absolute Gasteiger partial charge is 0.322 e. The van der Waals surface area contributed by atoms with E-state index < -0.39 is 0 Å². The first-order valence-electron chi connectivity index (χ1n) is 7.59. The normalized spacial score (nSPS) is 11.8. The van der Waals surface area contributed by atoms with Gasteiger partial charge in [0.1, 0.15) is 0 Å². The number of rotatable bonds is 2. The predicted molar refractivity (Wildman–Crippen MR) is 109 cm³/mol. The summed E-state index contributed by atoms with van der Waals surface area (Å²) in [6, 6.07) is 20.3. The molecule has 0 heterocycles. The van der Waals surface area contributed by atoms with Gasteiger partial charge in [-0.2, -0.15) is 0 Å². The molecule has 118 valence electrons. The van der Waals surface area contributed by atoms with Crippen LogP contribution in [0.4, 0.5) is 5.69 Å². The zero-order valence-corrected chi connectivity index (χ0v) is 16.4. The lowest BCUT2D eigenvalue weighted by atomic mass is 10.1. The van der Waals surface area contributed by atoms with Crippen LogP contribution in [0.15, 0.2) is 65.1 Å². The van der Waals surface area contributed by atoms with Crippen LogP contribution >= 0.6 is 38.5 Å². The van der Waals surface area contributed by atoms with Crippen LogP contribution in [0.2, 0.25) is 0 Å². The second kappa shape index (κ2) is 6.33. The van der Waals surface area contributed by atoms with Crippen molar-refractivity contribution in [1.29, 1.82) is 0 Å². The quantitative estimate of drug-likeness (QED) is 0.350. The predicted octanol–water partition coefficient (Wildman–Crippen LogP) is 5.88. The van der Waals surface area contributed by atoms with Crippen LogP contribution in [0.1, 0.15) is 21.5 Å². The molecule has 3 aromatic rings. The van der Waals surface area contributed by atoms with Crippen molar-refractivity contribution in [2.45, 2.75) is 6.42 Å². The van der Waals surface area contributed by atoms with Crippen LogP contribution in [0.5, 0.6) is 0 Å². The summed E-state index contributed by atoms with van der Waals surface area (Å²) in [4.78, 5) is 12.6. The van der Waals surface area contributed by atoms with Gasteiger partial charge in [-0.3, -0.25) is 4.79 Å². The minimum Gasteiger partial charge on any atom is -0.322 e. The monoisotopic (exact) mass is 489 g/mol. The van der Waals surface area contributed by atoms with E-state index in [-0.39, 0.29) is 5.91 Å². The third kappa shape index (κ3) is 2.89. The van der Waals surface area contributed by atoms with Crippen molar-refractivity contribution < 1.29 is 4.79 Å². The SMILES string of the molecule is O=C(Nc1ccc2c(c1)Cc1ccccc1-2)c1cc(Br)ccc1I. The summed E-state index contributed by atoms with van der Waals surface area (Å²) in [6.07, 6.45) is 0.920. The molecule has 0 atom stereocenters. The van der Waals surface area contributed by atoms with Gasteiger partial charge in [-0.15, -0.1) is 0 Å². The van der Waals surface area contributed by atoms with Crippen molar-refractivity contribution in [3.05, 3.63) is 85.4 Å². The van der Waals surface area contributed by atoms with Gasteiger partial charge in [-0.05, 0) is 81.6 Å². The number of hydrogen-bond donors (Lipinski definition) is 1. The molecule has 4 heteroatoms. The van der Waals surface area contributed by atoms with Gasteiger partial charge < -0.3 is 5.32 Å². The minimum absolute atomic E-state index is 0.0869. The van der Waals surface area contributed by atoms with Gasteiger partial charge in [0.2, 0.25) is 0 Å². The fourth-order valence-corrected chi connectivity index (χ4v) is 4.03. The third-order valence-corrected chi connectivity index (χ3v) is 5.66. The summed E-state index contributed by atoms with van der Waals surface area (Å²) in [5, 5.41) is 3.02. The number of carbonyl (C=O) groups excluding carboxylic acids is 1. The molecule has 0 unspecified atom stereocenters. The summed E-state index contributed by atoms with van der Waals surface area (Å²) in [5.41, 5.74) is 6.68. The van der Waals surface area contributed by atoms with Crippen LogP contribution in [0.3, 0.4) is 0 Å². The fraction of sp³-hybridized carbons (Fsp3) is 0.0500. The molecule has 0 fully saturated rings. The molecule has 0 bridgehead atoms. The Morgan fingerprint density at radius 3 is 2.62 bits per heavy atom. The smallest absolute Gasteiger partial charge is 0.256 e. The molecule has 24 heavy (non-hydrogen) atoms. The highest BCUT2D eigenvalue weighted by Gasteiger charge is 2.18. The van der Waals surface area contributed by atoms with Crippen LogP contribution < -0.4 is 5.32 Å². The topological polar surface area (TPSA) is 29.1 Å². The van der Waals surface area contributed by atoms with E-state index in [9.17, 15) is 4.79 Å². The van der Waals surface area contributed by atoms with Gasteiger partial charge in [-0.25, -0.2) is 0 Å². The van der Waals surface area contributed by atoms with Crippen molar-refractivity contribution >= 4 is 50.1 Å². The second-order valence-corrected chi connectivity index (χ2v) is 7.86. The maximum Gasteiger partial charge on any atom is 0.256 e. The molecule has 2 nitrogen and oxygen atoms in total. The number of fused-ring (bicyclic) bond motifs is 3. The maximum atomic E-state index is 12.6. The zero-order chi connectivity index (χ0) is 16.7. The number of anilines is 1. The van der Waals surface area contributed by atoms with E-state index in [0.29, 0.717) is 5.56 Å². The van der Waals surface area contributed by atoms with Gasteiger partial charge in [-0.1, -0.05) is 46.3 Å². The first-order chi connectivity index (χ1) is 11.6. The second-order valence-electron chi connectivity index (χ2n) is 5.78. The lowest BCUT2D eigenvalue weighted by Gasteiger charge is -2.09. The minimum atomic E-state index is -0.0869. The van der Waals surface area contributed by atoms with E-state index in [4.69, 9.17) is 0 Å². The number of hydrogen-bond acceptors (Lipinski definition) is 1. The van der Waals surface area contributed by atoms with Crippen molar-refractivity contribution in [1.82, 2.24) is 0 Å². The van der Waals surface area contributed by atoms with Gasteiger partial charge in [0.05, 0.1) is 5.56 Å². The summed E-state index contributed by atoms with van der Waals surface area (Å²) >= 11 is 5.61. The van der Waals surface area contributed by atoms with E-state index in [0.717, 1.165) is 20.2 Å². The molecular weight excluding hydrogens is 477 g/mol. The van der Waals surface area contributed by atoms with E-state index in [1.54, 1.807) is 0 Å². The highest BCUT2D eigenvalue weighted by Crippen LogP contribution is 2.37. The van der Waals surface area contributed by atoms with Gasteiger partial charge in [0.25, 0.3) is 5.91 Å². The molecule has 1 aliphatic rings. The Bertz CT molecular complexity index is 968. The van der Waals surface area contributed by atoms with E-state index in [1.807, 2.05) is 24.3 Å². The molecule has 0 radical (unpaired) electrons. The molecule has 1 aliphatic carbocycles. The number of nitrogens with one attached hydrogen (secondary N) is 1. The maximum absolute atomic E-state index is 12.6. The molecule has 0 spiro atoms. The lowest BCUT2D eigenvalue weighted by molar-refractivity contribution is 0.102. The van der Waals surface area contributed by atoms with Gasteiger partial charge >= 0.3 is 0 Å². The average Bonchev–Trinajstić information content (AvgIpc) is 2.94. The highest BCUT2D eigenvalue weighted by atomic mass is 127. The Labute approximate surface area is 162 Å². The van der Waals surface area contributed by atoms with E-state index in [2.05, 4.69) is 80.2 Å².